The maximum absolute atomic E-state index is 5.56. The van der Waals surface area contributed by atoms with Crippen LogP contribution in [-0.4, -0.2) is 16.6 Å². The summed E-state index contributed by atoms with van der Waals surface area (Å²) in [6, 6.07) is 0. The SMILES string of the molecule is CCOc1nc(C)nc(N)c1N. The van der Waals surface area contributed by atoms with Crippen molar-refractivity contribution in [3.05, 3.63) is 5.82 Å². The Morgan fingerprint density at radius 2 is 2.00 bits per heavy atom. The van der Waals surface area contributed by atoms with Gasteiger partial charge in [-0.2, -0.15) is 4.98 Å². The summed E-state index contributed by atoms with van der Waals surface area (Å²) >= 11 is 0. The van der Waals surface area contributed by atoms with Gasteiger partial charge in [-0.25, -0.2) is 4.98 Å². The van der Waals surface area contributed by atoms with Gasteiger partial charge in [-0.15, -0.1) is 0 Å². The number of nitrogens with zero attached hydrogens (tertiary/aromatic N) is 2. The molecule has 66 valence electrons. The van der Waals surface area contributed by atoms with E-state index >= 15 is 0 Å². The zero-order valence-corrected chi connectivity index (χ0v) is 7.16. The molecule has 5 heteroatoms. The van der Waals surface area contributed by atoms with E-state index in [0.29, 0.717) is 24.0 Å². The number of nitrogen functional groups attached to an aromatic ring is 2. The predicted octanol–water partition coefficient (Wildman–Crippen LogP) is 0.348. The minimum atomic E-state index is 0.269. The second kappa shape index (κ2) is 3.25. The molecule has 0 radical (unpaired) electrons. The monoisotopic (exact) mass is 168 g/mol. The molecule has 0 saturated carbocycles. The first-order chi connectivity index (χ1) is 5.65. The summed E-state index contributed by atoms with van der Waals surface area (Å²) in [5.41, 5.74) is 11.4. The van der Waals surface area contributed by atoms with Crippen molar-refractivity contribution in [3.8, 4) is 5.88 Å². The van der Waals surface area contributed by atoms with E-state index in [1.807, 2.05) is 6.92 Å². The molecule has 0 saturated heterocycles. The molecule has 0 aliphatic rings. The third-order valence-electron chi connectivity index (χ3n) is 1.33. The van der Waals surface area contributed by atoms with Crippen LogP contribution in [0.2, 0.25) is 0 Å². The van der Waals surface area contributed by atoms with E-state index in [9.17, 15) is 0 Å². The fourth-order valence-electron chi connectivity index (χ4n) is 0.823. The summed E-state index contributed by atoms with van der Waals surface area (Å²) in [5.74, 6) is 1.19. The molecule has 1 heterocycles. The van der Waals surface area contributed by atoms with Crippen LogP contribution in [0.4, 0.5) is 11.5 Å². The molecule has 4 N–H and O–H groups in total. The number of hydrogen-bond donors (Lipinski definition) is 2. The van der Waals surface area contributed by atoms with Crippen molar-refractivity contribution in [1.82, 2.24) is 9.97 Å². The van der Waals surface area contributed by atoms with Crippen LogP contribution in [0.3, 0.4) is 0 Å². The quantitative estimate of drug-likeness (QED) is 0.665. The Kier molecular flexibility index (Phi) is 2.32. The van der Waals surface area contributed by atoms with Gasteiger partial charge in [-0.3, -0.25) is 0 Å². The van der Waals surface area contributed by atoms with Gasteiger partial charge in [0, 0.05) is 0 Å². The fraction of sp³-hybridized carbons (Fsp3) is 0.429. The number of nitrogens with two attached hydrogens (primary N) is 2. The minimum Gasteiger partial charge on any atom is -0.476 e. The Hall–Kier alpha value is -1.52. The van der Waals surface area contributed by atoms with Crippen molar-refractivity contribution < 1.29 is 4.74 Å². The average Bonchev–Trinajstić information content (AvgIpc) is 2.00. The summed E-state index contributed by atoms with van der Waals surface area (Å²) in [5, 5.41) is 0. The van der Waals surface area contributed by atoms with Crippen molar-refractivity contribution in [1.29, 1.82) is 0 Å². The maximum Gasteiger partial charge on any atom is 0.242 e. The molecular formula is C7H12N4O. The second-order valence-corrected chi connectivity index (χ2v) is 2.31. The predicted molar refractivity (Wildman–Crippen MR) is 46.8 cm³/mol. The van der Waals surface area contributed by atoms with Crippen LogP contribution in [0.15, 0.2) is 0 Å². The summed E-state index contributed by atoms with van der Waals surface area (Å²) in [6.45, 7) is 4.10. The molecule has 0 aromatic carbocycles. The first-order valence-electron chi connectivity index (χ1n) is 3.67. The fourth-order valence-corrected chi connectivity index (χ4v) is 0.823. The van der Waals surface area contributed by atoms with Gasteiger partial charge in [0.05, 0.1) is 6.61 Å². The van der Waals surface area contributed by atoms with Gasteiger partial charge in [0.2, 0.25) is 5.88 Å². The van der Waals surface area contributed by atoms with Crippen LogP contribution < -0.4 is 16.2 Å². The highest BCUT2D eigenvalue weighted by Crippen LogP contribution is 2.22. The average molecular weight is 168 g/mol. The van der Waals surface area contributed by atoms with Gasteiger partial charge < -0.3 is 16.2 Å². The van der Waals surface area contributed by atoms with Crippen molar-refractivity contribution >= 4 is 11.5 Å². The first kappa shape index (κ1) is 8.58. The molecule has 0 amide bonds. The number of aromatic nitrogens is 2. The van der Waals surface area contributed by atoms with Crippen molar-refractivity contribution in [2.24, 2.45) is 0 Å². The summed E-state index contributed by atoms with van der Waals surface area (Å²) in [6.07, 6.45) is 0. The zero-order valence-electron chi connectivity index (χ0n) is 7.16. The molecule has 0 bridgehead atoms. The Morgan fingerprint density at radius 3 is 2.58 bits per heavy atom. The molecule has 0 unspecified atom stereocenters. The molecule has 0 fully saturated rings. The molecular weight excluding hydrogens is 156 g/mol. The van der Waals surface area contributed by atoms with Crippen LogP contribution >= 0.6 is 0 Å². The number of aryl methyl sites for hydroxylation is 1. The van der Waals surface area contributed by atoms with Crippen LogP contribution in [0.5, 0.6) is 5.88 Å². The van der Waals surface area contributed by atoms with E-state index in [-0.39, 0.29) is 5.82 Å². The van der Waals surface area contributed by atoms with Gasteiger partial charge in [-0.05, 0) is 13.8 Å². The molecule has 1 rings (SSSR count). The second-order valence-electron chi connectivity index (χ2n) is 2.31. The highest BCUT2D eigenvalue weighted by molar-refractivity contribution is 5.64. The highest BCUT2D eigenvalue weighted by Gasteiger charge is 2.07. The molecule has 0 spiro atoms. The largest absolute Gasteiger partial charge is 0.476 e. The molecule has 1 aromatic rings. The molecule has 5 nitrogen and oxygen atoms in total. The van der Waals surface area contributed by atoms with Gasteiger partial charge in [0.25, 0.3) is 0 Å². The summed E-state index contributed by atoms with van der Waals surface area (Å²) in [7, 11) is 0. The Bertz CT molecular complexity index is 287. The molecule has 0 atom stereocenters. The number of hydrogen-bond acceptors (Lipinski definition) is 5. The van der Waals surface area contributed by atoms with E-state index in [0.717, 1.165) is 0 Å². The van der Waals surface area contributed by atoms with Crippen LogP contribution in [0, 0.1) is 6.92 Å². The maximum atomic E-state index is 5.56. The standard InChI is InChI=1S/C7H12N4O/c1-3-12-7-5(8)6(9)10-4(2)11-7/h3,8H2,1-2H3,(H2,9,10,11). The third kappa shape index (κ3) is 1.55. The lowest BCUT2D eigenvalue weighted by molar-refractivity contribution is 0.327. The number of anilines is 2. The highest BCUT2D eigenvalue weighted by atomic mass is 16.5. The van der Waals surface area contributed by atoms with Gasteiger partial charge in [0.15, 0.2) is 5.82 Å². The van der Waals surface area contributed by atoms with E-state index in [1.165, 1.54) is 0 Å². The van der Waals surface area contributed by atoms with E-state index in [2.05, 4.69) is 9.97 Å². The molecule has 12 heavy (non-hydrogen) atoms. The van der Waals surface area contributed by atoms with Crippen molar-refractivity contribution in [2.75, 3.05) is 18.1 Å². The lowest BCUT2D eigenvalue weighted by atomic mass is 10.4. The van der Waals surface area contributed by atoms with Crippen LogP contribution in [-0.2, 0) is 0 Å². The third-order valence-corrected chi connectivity index (χ3v) is 1.33. The van der Waals surface area contributed by atoms with E-state index in [1.54, 1.807) is 6.92 Å². The lowest BCUT2D eigenvalue weighted by Gasteiger charge is -2.07. The number of ether oxygens (including phenoxy) is 1. The van der Waals surface area contributed by atoms with Gasteiger partial charge >= 0.3 is 0 Å². The molecule has 0 aliphatic carbocycles. The Balaban J connectivity index is 3.09. The summed E-state index contributed by atoms with van der Waals surface area (Å²) < 4.78 is 5.14. The minimum absolute atomic E-state index is 0.269. The lowest BCUT2D eigenvalue weighted by Crippen LogP contribution is -2.06. The topological polar surface area (TPSA) is 87.0 Å². The molecule has 0 aliphatic heterocycles. The first-order valence-corrected chi connectivity index (χ1v) is 3.67. The number of rotatable bonds is 2. The van der Waals surface area contributed by atoms with Crippen molar-refractivity contribution in [3.63, 3.8) is 0 Å². The van der Waals surface area contributed by atoms with Crippen LogP contribution in [0.25, 0.3) is 0 Å². The van der Waals surface area contributed by atoms with Crippen LogP contribution in [0.1, 0.15) is 12.7 Å². The van der Waals surface area contributed by atoms with E-state index in [4.69, 9.17) is 16.2 Å². The smallest absolute Gasteiger partial charge is 0.242 e. The Labute approximate surface area is 70.8 Å². The van der Waals surface area contributed by atoms with E-state index < -0.39 is 0 Å². The van der Waals surface area contributed by atoms with Gasteiger partial charge in [0.1, 0.15) is 11.5 Å². The Morgan fingerprint density at radius 1 is 1.33 bits per heavy atom. The normalized spacial score (nSPS) is 9.83. The molecule has 1 aromatic heterocycles. The summed E-state index contributed by atoms with van der Waals surface area (Å²) in [4.78, 5) is 7.86. The zero-order chi connectivity index (χ0) is 9.14. The van der Waals surface area contributed by atoms with Crippen molar-refractivity contribution in [2.45, 2.75) is 13.8 Å². The van der Waals surface area contributed by atoms with Gasteiger partial charge in [-0.1, -0.05) is 0 Å².